The predicted molar refractivity (Wildman–Crippen MR) is 105 cm³/mol. The zero-order chi connectivity index (χ0) is 20.0. The van der Waals surface area contributed by atoms with Crippen LogP contribution in [0.1, 0.15) is 22.1 Å². The molecule has 3 aromatic carbocycles. The van der Waals surface area contributed by atoms with Crippen LogP contribution >= 0.6 is 0 Å². The monoisotopic (exact) mass is 392 g/mol. The molecule has 1 atom stereocenters. The number of amides is 1. The largest absolute Gasteiger partial charge is 0.493 e. The van der Waals surface area contributed by atoms with Gasteiger partial charge in [-0.05, 0) is 48.5 Å². The van der Waals surface area contributed by atoms with Crippen molar-refractivity contribution in [3.8, 4) is 17.2 Å². The number of hydrogen-bond acceptors (Lipinski definition) is 5. The van der Waals surface area contributed by atoms with Crippen molar-refractivity contribution in [2.45, 2.75) is 6.17 Å². The van der Waals surface area contributed by atoms with Crippen LogP contribution in [-0.4, -0.2) is 19.8 Å². The van der Waals surface area contributed by atoms with E-state index in [-0.39, 0.29) is 18.5 Å². The van der Waals surface area contributed by atoms with Crippen molar-refractivity contribution in [3.05, 3.63) is 77.6 Å². The first kappa shape index (κ1) is 17.4. The number of nitrogens with zero attached hydrogens (tertiary/aromatic N) is 1. The topological polar surface area (TPSA) is 60.0 Å². The number of para-hydroxylation sites is 1. The molecule has 0 spiro atoms. The molecule has 2 aliphatic rings. The third-order valence-electron chi connectivity index (χ3n) is 5.03. The normalized spacial score (nSPS) is 17.0. The van der Waals surface area contributed by atoms with Crippen LogP contribution in [0.3, 0.4) is 0 Å². The lowest BCUT2D eigenvalue weighted by molar-refractivity contribution is 0.0974. The van der Waals surface area contributed by atoms with Gasteiger partial charge in [-0.1, -0.05) is 12.1 Å². The fourth-order valence-electron chi connectivity index (χ4n) is 3.66. The third kappa shape index (κ3) is 2.82. The van der Waals surface area contributed by atoms with Crippen LogP contribution in [0.5, 0.6) is 17.2 Å². The molecule has 2 heterocycles. The molecule has 0 saturated carbocycles. The summed E-state index contributed by atoms with van der Waals surface area (Å²) in [4.78, 5) is 15.0. The first-order chi connectivity index (χ1) is 14.2. The molecular weight excluding hydrogens is 375 g/mol. The van der Waals surface area contributed by atoms with Gasteiger partial charge in [0.15, 0.2) is 11.5 Å². The van der Waals surface area contributed by atoms with E-state index in [1.54, 1.807) is 30.2 Å². The summed E-state index contributed by atoms with van der Waals surface area (Å²) in [5, 5.41) is 3.41. The zero-order valence-corrected chi connectivity index (χ0v) is 15.5. The second-order valence-electron chi connectivity index (χ2n) is 6.70. The Hall–Kier alpha value is -3.74. The lowest BCUT2D eigenvalue weighted by atomic mass is 10.0. The van der Waals surface area contributed by atoms with E-state index in [4.69, 9.17) is 14.2 Å². The highest BCUT2D eigenvalue weighted by Crippen LogP contribution is 2.45. The first-order valence-electron chi connectivity index (χ1n) is 9.08. The van der Waals surface area contributed by atoms with Crippen LogP contribution in [-0.2, 0) is 0 Å². The van der Waals surface area contributed by atoms with Gasteiger partial charge in [0.05, 0.1) is 12.7 Å². The van der Waals surface area contributed by atoms with Gasteiger partial charge in [-0.3, -0.25) is 9.69 Å². The number of carbonyl (C=O) groups is 1. The number of halogens is 1. The van der Waals surface area contributed by atoms with Gasteiger partial charge in [0.1, 0.15) is 12.0 Å². The van der Waals surface area contributed by atoms with Crippen molar-refractivity contribution >= 4 is 17.3 Å². The Kier molecular flexibility index (Phi) is 4.01. The Bertz CT molecular complexity index is 1100. The van der Waals surface area contributed by atoms with Gasteiger partial charge in [0.2, 0.25) is 12.5 Å². The molecule has 0 bridgehead atoms. The molecule has 0 unspecified atom stereocenters. The van der Waals surface area contributed by atoms with Crippen LogP contribution in [0.15, 0.2) is 60.7 Å². The summed E-state index contributed by atoms with van der Waals surface area (Å²) in [5.74, 6) is 1.04. The highest BCUT2D eigenvalue weighted by atomic mass is 19.1. The first-order valence-corrected chi connectivity index (χ1v) is 9.08. The number of rotatable bonds is 3. The summed E-state index contributed by atoms with van der Waals surface area (Å²) in [6.07, 6.45) is -0.550. The summed E-state index contributed by atoms with van der Waals surface area (Å²) < 4.78 is 30.0. The molecule has 0 aliphatic carbocycles. The molecule has 2 aliphatic heterocycles. The molecule has 6 nitrogen and oxygen atoms in total. The van der Waals surface area contributed by atoms with Crippen molar-refractivity contribution < 1.29 is 23.4 Å². The summed E-state index contributed by atoms with van der Waals surface area (Å²) in [7, 11) is 1.55. The van der Waals surface area contributed by atoms with E-state index >= 15 is 0 Å². The Morgan fingerprint density at radius 1 is 1.10 bits per heavy atom. The Morgan fingerprint density at radius 2 is 1.90 bits per heavy atom. The maximum atomic E-state index is 13.5. The second kappa shape index (κ2) is 6.70. The zero-order valence-electron chi connectivity index (χ0n) is 15.5. The summed E-state index contributed by atoms with van der Waals surface area (Å²) in [5.41, 5.74) is 2.58. The Morgan fingerprint density at radius 3 is 2.69 bits per heavy atom. The van der Waals surface area contributed by atoms with E-state index in [0.29, 0.717) is 28.5 Å². The molecule has 0 saturated heterocycles. The van der Waals surface area contributed by atoms with E-state index < -0.39 is 6.17 Å². The molecule has 0 fully saturated rings. The maximum absolute atomic E-state index is 13.5. The van der Waals surface area contributed by atoms with Gasteiger partial charge in [0.25, 0.3) is 5.91 Å². The fraction of sp³-hybridized carbons (Fsp3) is 0.136. The quantitative estimate of drug-likeness (QED) is 0.719. The molecule has 1 N–H and O–H groups in total. The molecule has 3 aromatic rings. The summed E-state index contributed by atoms with van der Waals surface area (Å²) in [6, 6.07) is 16.8. The number of methoxy groups -OCH3 is 1. The minimum absolute atomic E-state index is 0.108. The van der Waals surface area contributed by atoms with Gasteiger partial charge in [-0.25, -0.2) is 4.39 Å². The molecule has 0 aromatic heterocycles. The van der Waals surface area contributed by atoms with E-state index in [0.717, 1.165) is 11.3 Å². The highest BCUT2D eigenvalue weighted by molar-refractivity contribution is 6.12. The van der Waals surface area contributed by atoms with Crippen LogP contribution in [0.25, 0.3) is 0 Å². The standard InChI is InChI=1S/C22H17FN2O4/c1-27-18-10-13(11-19-20(18)29-12-28-19)21-24-17-5-3-2-4-16(17)22(26)25(21)15-8-6-14(23)7-9-15/h2-11,21,24H,12H2,1H3/t21-/m0/s1. The number of hydrogen-bond donors (Lipinski definition) is 1. The molecular formula is C22H17FN2O4. The van der Waals surface area contributed by atoms with E-state index in [1.807, 2.05) is 30.3 Å². The van der Waals surface area contributed by atoms with Crippen LogP contribution in [0, 0.1) is 5.82 Å². The number of carbonyl (C=O) groups excluding carboxylic acids is 1. The van der Waals surface area contributed by atoms with Crippen LogP contribution < -0.4 is 24.4 Å². The predicted octanol–water partition coefficient (Wildman–Crippen LogP) is 4.33. The number of ether oxygens (including phenoxy) is 3. The SMILES string of the molecule is COc1cc([C@H]2Nc3ccccc3C(=O)N2c2ccc(F)cc2)cc2c1OCO2. The smallest absolute Gasteiger partial charge is 0.262 e. The lowest BCUT2D eigenvalue weighted by Crippen LogP contribution is -2.43. The summed E-state index contributed by atoms with van der Waals surface area (Å²) >= 11 is 0. The highest BCUT2D eigenvalue weighted by Gasteiger charge is 2.35. The van der Waals surface area contributed by atoms with Gasteiger partial charge in [0, 0.05) is 16.9 Å². The van der Waals surface area contributed by atoms with Crippen molar-refractivity contribution in [1.82, 2.24) is 0 Å². The average molecular weight is 392 g/mol. The average Bonchev–Trinajstić information content (AvgIpc) is 3.23. The second-order valence-corrected chi connectivity index (χ2v) is 6.70. The molecule has 1 amide bonds. The molecule has 0 radical (unpaired) electrons. The van der Waals surface area contributed by atoms with E-state index in [1.165, 1.54) is 12.1 Å². The Labute approximate surface area is 166 Å². The van der Waals surface area contributed by atoms with Crippen molar-refractivity contribution in [2.24, 2.45) is 0 Å². The van der Waals surface area contributed by atoms with Crippen LogP contribution in [0.4, 0.5) is 15.8 Å². The number of fused-ring (bicyclic) bond motifs is 2. The van der Waals surface area contributed by atoms with Gasteiger partial charge >= 0.3 is 0 Å². The molecule has 5 rings (SSSR count). The molecule has 29 heavy (non-hydrogen) atoms. The van der Waals surface area contributed by atoms with Gasteiger partial charge < -0.3 is 19.5 Å². The number of anilines is 2. The molecule has 7 heteroatoms. The van der Waals surface area contributed by atoms with Gasteiger partial charge in [-0.15, -0.1) is 0 Å². The van der Waals surface area contributed by atoms with E-state index in [9.17, 15) is 9.18 Å². The minimum atomic E-state index is -0.550. The number of benzene rings is 3. The lowest BCUT2D eigenvalue weighted by Gasteiger charge is -2.38. The third-order valence-corrected chi connectivity index (χ3v) is 5.03. The van der Waals surface area contributed by atoms with Crippen LogP contribution in [0.2, 0.25) is 0 Å². The van der Waals surface area contributed by atoms with Crippen molar-refractivity contribution in [3.63, 3.8) is 0 Å². The maximum Gasteiger partial charge on any atom is 0.262 e. The number of nitrogens with one attached hydrogen (secondary N) is 1. The minimum Gasteiger partial charge on any atom is -0.493 e. The fourth-order valence-corrected chi connectivity index (χ4v) is 3.66. The Balaban J connectivity index is 1.67. The van der Waals surface area contributed by atoms with Gasteiger partial charge in [-0.2, -0.15) is 0 Å². The molecule has 146 valence electrons. The van der Waals surface area contributed by atoms with Crippen molar-refractivity contribution in [1.29, 1.82) is 0 Å². The van der Waals surface area contributed by atoms with E-state index in [2.05, 4.69) is 5.32 Å². The summed E-state index contributed by atoms with van der Waals surface area (Å²) in [6.45, 7) is 0.108. The van der Waals surface area contributed by atoms with Crippen molar-refractivity contribution in [2.75, 3.05) is 24.1 Å².